The summed E-state index contributed by atoms with van der Waals surface area (Å²) >= 11 is 0. The highest BCUT2D eigenvalue weighted by Gasteiger charge is 2.44. The number of carbonyl (C=O) groups excluding carboxylic acids is 2. The van der Waals surface area contributed by atoms with Crippen LogP contribution in [0, 0.1) is 0 Å². The summed E-state index contributed by atoms with van der Waals surface area (Å²) in [5, 5.41) is 40.2. The van der Waals surface area contributed by atoms with Crippen LogP contribution in [0.25, 0.3) is 0 Å². The van der Waals surface area contributed by atoms with Gasteiger partial charge in [0, 0.05) is 12.8 Å². The number of carbonyl (C=O) groups is 2. The molecule has 366 valence electrons. The predicted octanol–water partition coefficient (Wildman–Crippen LogP) is 12.3. The monoisotopic (exact) mass is 883 g/mol. The highest BCUT2D eigenvalue weighted by molar-refractivity contribution is 5.70. The van der Waals surface area contributed by atoms with E-state index in [2.05, 4.69) is 26.0 Å². The third kappa shape index (κ3) is 33.9. The van der Waals surface area contributed by atoms with E-state index in [9.17, 15) is 30.0 Å². The summed E-state index contributed by atoms with van der Waals surface area (Å²) in [5.74, 6) is -0.817. The van der Waals surface area contributed by atoms with Gasteiger partial charge >= 0.3 is 11.9 Å². The van der Waals surface area contributed by atoms with E-state index in [4.69, 9.17) is 18.9 Å². The van der Waals surface area contributed by atoms with Gasteiger partial charge in [-0.25, -0.2) is 0 Å². The lowest BCUT2D eigenvalue weighted by Crippen LogP contribution is -2.59. The maximum absolute atomic E-state index is 12.8. The number of unbranched alkanes of at least 4 members (excludes halogenated alkanes) is 32. The van der Waals surface area contributed by atoms with Crippen LogP contribution in [-0.2, 0) is 28.5 Å². The van der Waals surface area contributed by atoms with E-state index < -0.39 is 55.4 Å². The van der Waals surface area contributed by atoms with Crippen LogP contribution in [0.1, 0.15) is 251 Å². The number of allylic oxidation sites excluding steroid dienone is 2. The first-order valence-electron chi connectivity index (χ1n) is 26.3. The zero-order chi connectivity index (χ0) is 45.1. The second kappa shape index (κ2) is 43.3. The Morgan fingerprint density at radius 1 is 0.484 bits per heavy atom. The van der Waals surface area contributed by atoms with Crippen LogP contribution >= 0.6 is 0 Å². The minimum atomic E-state index is -1.59. The van der Waals surface area contributed by atoms with E-state index in [0.29, 0.717) is 12.8 Å². The largest absolute Gasteiger partial charge is 0.462 e. The van der Waals surface area contributed by atoms with Gasteiger partial charge < -0.3 is 39.4 Å². The fraction of sp³-hybridized carbons (Fsp3) is 0.923. The molecule has 6 atom stereocenters. The molecule has 4 N–H and O–H groups in total. The Hall–Kier alpha value is -1.56. The van der Waals surface area contributed by atoms with Crippen molar-refractivity contribution in [2.24, 2.45) is 0 Å². The molecule has 0 saturated carbocycles. The van der Waals surface area contributed by atoms with Gasteiger partial charge in [-0.05, 0) is 38.5 Å². The molecule has 1 heterocycles. The summed E-state index contributed by atoms with van der Waals surface area (Å²) in [6.45, 7) is 3.45. The van der Waals surface area contributed by atoms with Crippen molar-refractivity contribution in [3.8, 4) is 0 Å². The molecule has 0 radical (unpaired) electrons. The molecule has 0 aromatic heterocycles. The molecule has 1 aliphatic rings. The van der Waals surface area contributed by atoms with Crippen molar-refractivity contribution in [3.05, 3.63) is 12.2 Å². The molecule has 0 aliphatic carbocycles. The maximum Gasteiger partial charge on any atom is 0.306 e. The van der Waals surface area contributed by atoms with Gasteiger partial charge in [0.2, 0.25) is 0 Å². The van der Waals surface area contributed by atoms with E-state index in [0.717, 1.165) is 38.5 Å². The van der Waals surface area contributed by atoms with Crippen LogP contribution in [0.4, 0.5) is 0 Å². The molecule has 0 amide bonds. The van der Waals surface area contributed by atoms with Gasteiger partial charge in [0.25, 0.3) is 0 Å². The Morgan fingerprint density at radius 2 is 0.855 bits per heavy atom. The van der Waals surface area contributed by atoms with Gasteiger partial charge in [-0.15, -0.1) is 0 Å². The summed E-state index contributed by atoms with van der Waals surface area (Å²) in [6, 6.07) is 0. The van der Waals surface area contributed by atoms with E-state index in [1.807, 2.05) is 0 Å². The fourth-order valence-corrected chi connectivity index (χ4v) is 8.24. The molecule has 2 unspecified atom stereocenters. The standard InChI is InChI=1S/C52H98O10/c1-3-5-7-9-11-13-15-17-19-20-21-22-23-24-25-27-29-31-33-35-37-39-41-48(55)61-45(44-60-52-51(58)50(57)49(56)46(42-53)62-52)43-59-47(54)40-38-36-34-32-30-28-26-18-16-14-12-10-8-6-4-2/h30,32,45-46,49-53,56-58H,3-29,31,33-44H2,1-2H3/b32-30+/t45-,46-,49+,50?,51?,52-/m1/s1. The van der Waals surface area contributed by atoms with Crippen LogP contribution in [0.3, 0.4) is 0 Å². The summed E-state index contributed by atoms with van der Waals surface area (Å²) in [7, 11) is 0. The minimum absolute atomic E-state index is 0.222. The molecule has 1 saturated heterocycles. The van der Waals surface area contributed by atoms with Gasteiger partial charge in [0.1, 0.15) is 31.0 Å². The predicted molar refractivity (Wildman–Crippen MR) is 252 cm³/mol. The molecule has 10 nitrogen and oxygen atoms in total. The number of aliphatic hydroxyl groups excluding tert-OH is 4. The van der Waals surface area contributed by atoms with Crippen LogP contribution < -0.4 is 0 Å². The molecule has 1 rings (SSSR count). The third-order valence-electron chi connectivity index (χ3n) is 12.4. The van der Waals surface area contributed by atoms with E-state index in [1.54, 1.807) is 0 Å². The molecule has 0 spiro atoms. The quantitative estimate of drug-likeness (QED) is 0.0264. The highest BCUT2D eigenvalue weighted by Crippen LogP contribution is 2.23. The lowest BCUT2D eigenvalue weighted by Gasteiger charge is -2.39. The number of hydrogen-bond acceptors (Lipinski definition) is 10. The Kier molecular flexibility index (Phi) is 40.9. The molecule has 0 bridgehead atoms. The number of aliphatic hydroxyl groups is 4. The minimum Gasteiger partial charge on any atom is -0.462 e. The topological polar surface area (TPSA) is 152 Å². The van der Waals surface area contributed by atoms with Crippen LogP contribution in [0.15, 0.2) is 12.2 Å². The lowest BCUT2D eigenvalue weighted by molar-refractivity contribution is -0.305. The van der Waals surface area contributed by atoms with Gasteiger partial charge in [0.15, 0.2) is 12.4 Å². The van der Waals surface area contributed by atoms with Gasteiger partial charge in [-0.3, -0.25) is 9.59 Å². The van der Waals surface area contributed by atoms with E-state index >= 15 is 0 Å². The van der Waals surface area contributed by atoms with Crippen molar-refractivity contribution >= 4 is 11.9 Å². The zero-order valence-corrected chi connectivity index (χ0v) is 40.1. The molecule has 0 aromatic rings. The van der Waals surface area contributed by atoms with E-state index in [-0.39, 0.29) is 26.1 Å². The Labute approximate surface area is 380 Å². The number of rotatable bonds is 45. The lowest BCUT2D eigenvalue weighted by atomic mass is 9.99. The Bertz CT molecular complexity index is 1020. The van der Waals surface area contributed by atoms with Crippen LogP contribution in [0.5, 0.6) is 0 Å². The molecule has 0 aromatic carbocycles. The van der Waals surface area contributed by atoms with Crippen LogP contribution in [0.2, 0.25) is 0 Å². The molecular formula is C52H98O10. The normalized spacial score (nSPS) is 19.6. The summed E-state index contributed by atoms with van der Waals surface area (Å²) in [4.78, 5) is 25.4. The molecular weight excluding hydrogens is 785 g/mol. The van der Waals surface area contributed by atoms with Gasteiger partial charge in [-0.1, -0.05) is 212 Å². The van der Waals surface area contributed by atoms with Crippen molar-refractivity contribution in [2.45, 2.75) is 288 Å². The summed E-state index contributed by atoms with van der Waals surface area (Å²) in [5.41, 5.74) is 0. The van der Waals surface area contributed by atoms with Gasteiger partial charge in [-0.2, -0.15) is 0 Å². The first kappa shape index (κ1) is 58.5. The summed E-state index contributed by atoms with van der Waals surface area (Å²) in [6.07, 6.45) is 40.9. The fourth-order valence-electron chi connectivity index (χ4n) is 8.24. The average Bonchev–Trinajstić information content (AvgIpc) is 3.27. The highest BCUT2D eigenvalue weighted by atomic mass is 16.7. The van der Waals surface area contributed by atoms with Crippen molar-refractivity contribution in [1.82, 2.24) is 0 Å². The third-order valence-corrected chi connectivity index (χ3v) is 12.4. The molecule has 10 heteroatoms. The number of esters is 2. The SMILES string of the molecule is CCCCCCCCCCC/C=C/CCCCC(=O)OC[C@H](CO[C@@H]1O[C@H](CO)[C@H](O)C(O)C1O)OC(=O)CCCCCCCCCCCCCCCCCCCCCCCC. The Balaban J connectivity index is 2.23. The maximum atomic E-state index is 12.8. The smallest absolute Gasteiger partial charge is 0.306 e. The molecule has 1 fully saturated rings. The Morgan fingerprint density at radius 3 is 1.29 bits per heavy atom. The number of hydrogen-bond donors (Lipinski definition) is 4. The van der Waals surface area contributed by atoms with Crippen molar-refractivity contribution in [2.75, 3.05) is 19.8 Å². The molecule has 1 aliphatic heterocycles. The summed E-state index contributed by atoms with van der Waals surface area (Å²) < 4.78 is 22.2. The zero-order valence-electron chi connectivity index (χ0n) is 40.1. The van der Waals surface area contributed by atoms with Crippen molar-refractivity contribution in [1.29, 1.82) is 0 Å². The molecule has 62 heavy (non-hydrogen) atoms. The van der Waals surface area contributed by atoms with Crippen molar-refractivity contribution < 1.29 is 49.0 Å². The van der Waals surface area contributed by atoms with Gasteiger partial charge in [0.05, 0.1) is 13.2 Å². The second-order valence-electron chi connectivity index (χ2n) is 18.3. The van der Waals surface area contributed by atoms with Crippen LogP contribution in [-0.4, -0.2) is 89.0 Å². The van der Waals surface area contributed by atoms with Crippen molar-refractivity contribution in [3.63, 3.8) is 0 Å². The first-order chi connectivity index (χ1) is 30.3. The van der Waals surface area contributed by atoms with E-state index in [1.165, 1.54) is 173 Å². The second-order valence-corrected chi connectivity index (χ2v) is 18.3. The average molecular weight is 883 g/mol. The number of ether oxygens (including phenoxy) is 4. The first-order valence-corrected chi connectivity index (χ1v) is 26.3.